The quantitative estimate of drug-likeness (QED) is 0.515. The number of nitrogens with one attached hydrogen (secondary N) is 1. The van der Waals surface area contributed by atoms with Gasteiger partial charge < -0.3 is 21.7 Å². The van der Waals surface area contributed by atoms with Gasteiger partial charge in [0, 0.05) is 49.9 Å². The molecular weight excluding hydrogens is 420 g/mol. The van der Waals surface area contributed by atoms with Gasteiger partial charge in [0.25, 0.3) is 0 Å². The monoisotopic (exact) mass is 458 g/mol. The van der Waals surface area contributed by atoms with Crippen LogP contribution in [0.25, 0.3) is 0 Å². The number of likely N-dealkylation sites (tertiary alicyclic amines) is 1. The summed E-state index contributed by atoms with van der Waals surface area (Å²) in [6, 6.07) is 20.9. The van der Waals surface area contributed by atoms with Crippen molar-refractivity contribution in [2.75, 3.05) is 13.1 Å². The molecule has 2 unspecified atom stereocenters. The van der Waals surface area contributed by atoms with Crippen LogP contribution in [0.3, 0.4) is 0 Å². The van der Waals surface area contributed by atoms with Gasteiger partial charge in [0.15, 0.2) is 0 Å². The minimum atomic E-state index is 0.159. The fourth-order valence-corrected chi connectivity index (χ4v) is 4.19. The Labute approximate surface area is 204 Å². The lowest BCUT2D eigenvalue weighted by Crippen LogP contribution is -2.35. The number of benzene rings is 2. The predicted octanol–water partition coefficient (Wildman–Crippen LogP) is 4.52. The molecule has 0 saturated carbocycles. The van der Waals surface area contributed by atoms with Gasteiger partial charge in [0.2, 0.25) is 0 Å². The first-order chi connectivity index (χ1) is 16.5. The van der Waals surface area contributed by atoms with Crippen molar-refractivity contribution in [2.24, 2.45) is 21.7 Å². The summed E-state index contributed by atoms with van der Waals surface area (Å²) in [5, 5.41) is 11.9. The van der Waals surface area contributed by atoms with Gasteiger partial charge in [0.1, 0.15) is 0 Å². The van der Waals surface area contributed by atoms with Gasteiger partial charge >= 0.3 is 0 Å². The number of hydrogen-bond donors (Lipinski definition) is 3. The van der Waals surface area contributed by atoms with E-state index in [1.54, 1.807) is 0 Å². The van der Waals surface area contributed by atoms with Crippen molar-refractivity contribution in [2.45, 2.75) is 51.2 Å². The average Bonchev–Trinajstić information content (AvgIpc) is 3.54. The minimum Gasteiger partial charge on any atom is -0.383 e. The summed E-state index contributed by atoms with van der Waals surface area (Å²) in [7, 11) is 0. The molecule has 0 aliphatic carbocycles. The molecule has 1 saturated heterocycles. The minimum absolute atomic E-state index is 0.159. The van der Waals surface area contributed by atoms with Crippen LogP contribution in [0.15, 0.2) is 95.4 Å². The molecule has 2 aromatic rings. The van der Waals surface area contributed by atoms with Gasteiger partial charge in [-0.3, -0.25) is 0 Å². The summed E-state index contributed by atoms with van der Waals surface area (Å²) in [5.74, 6) is 0. The van der Waals surface area contributed by atoms with Crippen molar-refractivity contribution in [1.82, 2.24) is 10.2 Å². The molecule has 0 aromatic heterocycles. The molecule has 0 bridgehead atoms. The van der Waals surface area contributed by atoms with Crippen LogP contribution in [-0.2, 0) is 6.54 Å². The maximum Gasteiger partial charge on any atom is 0.0680 e. The second-order valence-corrected chi connectivity index (χ2v) is 8.87. The summed E-state index contributed by atoms with van der Waals surface area (Å²) in [6.45, 7) is 12.9. The Bertz CT molecular complexity index is 994. The van der Waals surface area contributed by atoms with E-state index in [0.29, 0.717) is 12.6 Å². The maximum atomic E-state index is 5.64. The van der Waals surface area contributed by atoms with Crippen molar-refractivity contribution < 1.29 is 0 Å². The van der Waals surface area contributed by atoms with Gasteiger partial charge in [-0.1, -0.05) is 73.8 Å². The Balaban J connectivity index is 0.000000302. The lowest BCUT2D eigenvalue weighted by molar-refractivity contribution is 0.340. The molecule has 34 heavy (non-hydrogen) atoms. The first kappa shape index (κ1) is 25.4. The van der Waals surface area contributed by atoms with E-state index in [4.69, 9.17) is 11.5 Å². The summed E-state index contributed by atoms with van der Waals surface area (Å²) in [4.78, 5) is 2.36. The summed E-state index contributed by atoms with van der Waals surface area (Å²) in [6.07, 6.45) is 3.81. The molecule has 1 fully saturated rings. The van der Waals surface area contributed by atoms with Gasteiger partial charge in [0.05, 0.1) is 17.5 Å². The zero-order chi connectivity index (χ0) is 24.3. The van der Waals surface area contributed by atoms with Gasteiger partial charge in [-0.2, -0.15) is 10.2 Å². The maximum absolute atomic E-state index is 5.64. The zero-order valence-electron chi connectivity index (χ0n) is 20.3. The first-order valence-electron chi connectivity index (χ1n) is 12.0. The molecule has 6 heteroatoms. The molecule has 2 heterocycles. The van der Waals surface area contributed by atoms with Gasteiger partial charge in [-0.25, -0.2) is 0 Å². The fraction of sp³-hybridized carbons (Fsp3) is 0.357. The highest BCUT2D eigenvalue weighted by Gasteiger charge is 2.28. The predicted molar refractivity (Wildman–Crippen MR) is 143 cm³/mol. The molecule has 2 aliphatic rings. The van der Waals surface area contributed by atoms with Crippen LogP contribution in [-0.4, -0.2) is 35.5 Å². The highest BCUT2D eigenvalue weighted by molar-refractivity contribution is 6.08. The Morgan fingerprint density at radius 2 is 1.71 bits per heavy atom. The highest BCUT2D eigenvalue weighted by Crippen LogP contribution is 2.27. The number of nitrogens with zero attached hydrogens (tertiary/aromatic N) is 3. The van der Waals surface area contributed by atoms with Gasteiger partial charge in [-0.15, -0.1) is 0 Å². The van der Waals surface area contributed by atoms with Crippen molar-refractivity contribution in [3.05, 3.63) is 96.3 Å². The third-order valence-corrected chi connectivity index (χ3v) is 6.13. The lowest BCUT2D eigenvalue weighted by atomic mass is 10.1. The molecule has 2 aromatic carbocycles. The molecule has 0 spiro atoms. The van der Waals surface area contributed by atoms with Crippen LogP contribution in [0, 0.1) is 0 Å². The standard InChI is InChI=1S/C20H27N5.C8H11N/c1-15(11-18-12-19(13-21)24-23-18)25-10-6-9-20(25)16(2)22-14-17-7-4-3-5-8-17;1-7(9)8-5-3-2-4-6-8/h3-5,7-8,20,22H,1-2,6,9-14,21H2;2-7H,9H2,1H3. The number of rotatable bonds is 9. The van der Waals surface area contributed by atoms with Crippen molar-refractivity contribution in [3.8, 4) is 0 Å². The second-order valence-electron chi connectivity index (χ2n) is 8.87. The van der Waals surface area contributed by atoms with Gasteiger partial charge in [-0.05, 0) is 30.9 Å². The van der Waals surface area contributed by atoms with E-state index in [9.17, 15) is 0 Å². The number of hydrogen-bond acceptors (Lipinski definition) is 6. The van der Waals surface area contributed by atoms with Crippen LogP contribution in [0.1, 0.15) is 49.8 Å². The molecule has 2 aliphatic heterocycles. The first-order valence-corrected chi connectivity index (χ1v) is 12.0. The molecule has 0 amide bonds. The van der Waals surface area contributed by atoms with Crippen molar-refractivity contribution in [3.63, 3.8) is 0 Å². The van der Waals surface area contributed by atoms with Crippen LogP contribution >= 0.6 is 0 Å². The number of allylic oxidation sites excluding steroid dienone is 1. The smallest absolute Gasteiger partial charge is 0.0680 e. The van der Waals surface area contributed by atoms with E-state index in [-0.39, 0.29) is 6.04 Å². The molecule has 180 valence electrons. The highest BCUT2D eigenvalue weighted by atomic mass is 15.2. The van der Waals surface area contributed by atoms with Crippen molar-refractivity contribution >= 4 is 11.4 Å². The summed E-state index contributed by atoms with van der Waals surface area (Å²) in [5.41, 5.74) is 17.9. The zero-order valence-corrected chi connectivity index (χ0v) is 20.3. The Kier molecular flexibility index (Phi) is 9.62. The third kappa shape index (κ3) is 7.40. The van der Waals surface area contributed by atoms with E-state index in [2.05, 4.69) is 57.8 Å². The molecule has 5 N–H and O–H groups in total. The van der Waals surface area contributed by atoms with Crippen LogP contribution in [0.2, 0.25) is 0 Å². The molecule has 0 radical (unpaired) electrons. The molecule has 2 atom stereocenters. The normalized spacial score (nSPS) is 17.9. The summed E-state index contributed by atoms with van der Waals surface area (Å²) >= 11 is 0. The Morgan fingerprint density at radius 3 is 2.29 bits per heavy atom. The van der Waals surface area contributed by atoms with E-state index in [1.165, 1.54) is 11.1 Å². The van der Waals surface area contributed by atoms with Crippen LogP contribution in [0.4, 0.5) is 0 Å². The van der Waals surface area contributed by atoms with E-state index in [1.807, 2.05) is 43.3 Å². The number of nitrogens with two attached hydrogens (primary N) is 2. The molecule has 6 nitrogen and oxygen atoms in total. The Hall–Kier alpha value is -3.22. The fourth-order valence-electron chi connectivity index (χ4n) is 4.19. The van der Waals surface area contributed by atoms with E-state index in [0.717, 1.165) is 61.6 Å². The Morgan fingerprint density at radius 1 is 1.06 bits per heavy atom. The topological polar surface area (TPSA) is 92.0 Å². The van der Waals surface area contributed by atoms with Crippen molar-refractivity contribution in [1.29, 1.82) is 0 Å². The largest absolute Gasteiger partial charge is 0.383 e. The lowest BCUT2D eigenvalue weighted by Gasteiger charge is -2.30. The third-order valence-electron chi connectivity index (χ3n) is 6.13. The second kappa shape index (κ2) is 12.9. The van der Waals surface area contributed by atoms with Crippen LogP contribution < -0.4 is 16.8 Å². The van der Waals surface area contributed by atoms with E-state index < -0.39 is 0 Å². The molecule has 4 rings (SSSR count). The molecular formula is C28H38N6. The SMILES string of the molecule is C=C(NCc1ccccc1)C1CCCN1C(=C)CC1=NN=C(CN)C1.CC(N)c1ccccc1. The van der Waals surface area contributed by atoms with Crippen LogP contribution in [0.5, 0.6) is 0 Å². The summed E-state index contributed by atoms with van der Waals surface area (Å²) < 4.78 is 0. The average molecular weight is 459 g/mol. The van der Waals surface area contributed by atoms with E-state index >= 15 is 0 Å².